The van der Waals surface area contributed by atoms with Crippen LogP contribution < -0.4 is 5.32 Å². The molecule has 0 aliphatic carbocycles. The number of aryl methyl sites for hydroxylation is 1. The van der Waals surface area contributed by atoms with E-state index < -0.39 is 5.54 Å². The van der Waals surface area contributed by atoms with Crippen molar-refractivity contribution < 1.29 is 9.21 Å². The van der Waals surface area contributed by atoms with Gasteiger partial charge in [-0.2, -0.15) is 0 Å². The van der Waals surface area contributed by atoms with Gasteiger partial charge in [0.25, 0.3) is 5.91 Å². The van der Waals surface area contributed by atoms with Gasteiger partial charge in [-0.15, -0.1) is 11.6 Å². The fourth-order valence-electron chi connectivity index (χ4n) is 1.03. The molecule has 1 heterocycles. The Morgan fingerprint density at radius 3 is 2.71 bits per heavy atom. The third-order valence-electron chi connectivity index (χ3n) is 1.89. The lowest BCUT2D eigenvalue weighted by atomic mass is 10.1. The van der Waals surface area contributed by atoms with Crippen LogP contribution in [0.4, 0.5) is 0 Å². The van der Waals surface area contributed by atoms with Gasteiger partial charge >= 0.3 is 0 Å². The van der Waals surface area contributed by atoms with Crippen molar-refractivity contribution in [1.29, 1.82) is 0 Å². The molecule has 0 aromatic carbocycles. The summed E-state index contributed by atoms with van der Waals surface area (Å²) in [4.78, 5) is 11.7. The predicted octanol–water partition coefficient (Wildman–Crippen LogP) is 2.34. The van der Waals surface area contributed by atoms with Gasteiger partial charge in [0.15, 0.2) is 0 Å². The zero-order valence-corrected chi connectivity index (χ0v) is 9.31. The minimum Gasteiger partial charge on any atom is -0.469 e. The minimum atomic E-state index is -0.400. The Bertz CT molecular complexity index is 331. The maximum Gasteiger partial charge on any atom is 0.255 e. The van der Waals surface area contributed by atoms with E-state index in [0.29, 0.717) is 17.2 Å². The zero-order valence-electron chi connectivity index (χ0n) is 8.56. The largest absolute Gasteiger partial charge is 0.469 e. The summed E-state index contributed by atoms with van der Waals surface area (Å²) in [5.74, 6) is 0.838. The summed E-state index contributed by atoms with van der Waals surface area (Å²) >= 11 is 5.70. The van der Waals surface area contributed by atoms with E-state index in [4.69, 9.17) is 16.0 Å². The highest BCUT2D eigenvalue weighted by atomic mass is 35.5. The topological polar surface area (TPSA) is 42.2 Å². The van der Waals surface area contributed by atoms with Crippen LogP contribution in [0, 0.1) is 6.92 Å². The summed E-state index contributed by atoms with van der Waals surface area (Å²) in [5, 5.41) is 2.82. The summed E-state index contributed by atoms with van der Waals surface area (Å²) in [6.45, 7) is 5.49. The van der Waals surface area contributed by atoms with Gasteiger partial charge in [-0.1, -0.05) is 0 Å². The number of hydrogen-bond donors (Lipinski definition) is 1. The van der Waals surface area contributed by atoms with Crippen molar-refractivity contribution >= 4 is 17.5 Å². The Balaban J connectivity index is 2.73. The van der Waals surface area contributed by atoms with Crippen LogP contribution in [-0.4, -0.2) is 17.3 Å². The Morgan fingerprint density at radius 1 is 1.64 bits per heavy atom. The van der Waals surface area contributed by atoms with E-state index in [1.807, 2.05) is 13.8 Å². The molecule has 3 nitrogen and oxygen atoms in total. The first-order chi connectivity index (χ1) is 6.46. The van der Waals surface area contributed by atoms with Crippen LogP contribution in [0.5, 0.6) is 0 Å². The van der Waals surface area contributed by atoms with Crippen molar-refractivity contribution in [2.45, 2.75) is 26.3 Å². The Kier molecular flexibility index (Phi) is 3.21. The SMILES string of the molecule is Cc1occc1C(=O)NC(C)(C)CCl. The van der Waals surface area contributed by atoms with Crippen LogP contribution in [0.15, 0.2) is 16.7 Å². The molecule has 0 saturated carbocycles. The molecule has 1 amide bonds. The minimum absolute atomic E-state index is 0.151. The molecule has 0 saturated heterocycles. The molecular formula is C10H14ClNO2. The molecule has 0 bridgehead atoms. The first kappa shape index (κ1) is 11.1. The average Bonchev–Trinajstić information content (AvgIpc) is 2.51. The van der Waals surface area contributed by atoms with Gasteiger partial charge in [0.2, 0.25) is 0 Å². The van der Waals surface area contributed by atoms with E-state index in [1.54, 1.807) is 13.0 Å². The number of carbonyl (C=O) groups is 1. The molecule has 14 heavy (non-hydrogen) atoms. The fraction of sp³-hybridized carbons (Fsp3) is 0.500. The molecule has 0 aliphatic heterocycles. The van der Waals surface area contributed by atoms with Crippen molar-refractivity contribution in [1.82, 2.24) is 5.32 Å². The van der Waals surface area contributed by atoms with Crippen molar-refractivity contribution in [2.75, 3.05) is 5.88 Å². The van der Waals surface area contributed by atoms with Crippen LogP contribution in [0.3, 0.4) is 0 Å². The van der Waals surface area contributed by atoms with E-state index in [9.17, 15) is 4.79 Å². The molecular weight excluding hydrogens is 202 g/mol. The number of rotatable bonds is 3. The van der Waals surface area contributed by atoms with Crippen LogP contribution in [0.1, 0.15) is 30.0 Å². The third-order valence-corrected chi connectivity index (χ3v) is 2.56. The molecule has 0 aliphatic rings. The van der Waals surface area contributed by atoms with Crippen LogP contribution >= 0.6 is 11.6 Å². The smallest absolute Gasteiger partial charge is 0.255 e. The molecule has 0 unspecified atom stereocenters. The average molecular weight is 216 g/mol. The Hall–Kier alpha value is -0.960. The van der Waals surface area contributed by atoms with Gasteiger partial charge in [-0.05, 0) is 26.8 Å². The summed E-state index contributed by atoms with van der Waals surface area (Å²) in [6.07, 6.45) is 1.50. The van der Waals surface area contributed by atoms with Crippen LogP contribution in [0.25, 0.3) is 0 Å². The summed E-state index contributed by atoms with van der Waals surface area (Å²) < 4.78 is 5.04. The van der Waals surface area contributed by atoms with Gasteiger partial charge in [-0.3, -0.25) is 4.79 Å². The van der Waals surface area contributed by atoms with Gasteiger partial charge in [-0.25, -0.2) is 0 Å². The zero-order chi connectivity index (χ0) is 10.8. The quantitative estimate of drug-likeness (QED) is 0.787. The highest BCUT2D eigenvalue weighted by Gasteiger charge is 2.21. The lowest BCUT2D eigenvalue weighted by Crippen LogP contribution is -2.44. The molecule has 4 heteroatoms. The fourth-order valence-corrected chi connectivity index (χ4v) is 1.10. The summed E-state index contributed by atoms with van der Waals surface area (Å²) in [5.41, 5.74) is 0.158. The molecule has 1 rings (SSSR count). The summed E-state index contributed by atoms with van der Waals surface area (Å²) in [7, 11) is 0. The van der Waals surface area contributed by atoms with Crippen LogP contribution in [0.2, 0.25) is 0 Å². The van der Waals surface area contributed by atoms with Crippen molar-refractivity contribution in [3.8, 4) is 0 Å². The van der Waals surface area contributed by atoms with Gasteiger partial charge in [0, 0.05) is 11.4 Å². The number of alkyl halides is 1. The van der Waals surface area contributed by atoms with E-state index in [-0.39, 0.29) is 5.91 Å². The second-order valence-corrected chi connectivity index (χ2v) is 4.13. The monoisotopic (exact) mass is 215 g/mol. The van der Waals surface area contributed by atoms with Gasteiger partial charge in [0.1, 0.15) is 5.76 Å². The van der Waals surface area contributed by atoms with Gasteiger partial charge in [0.05, 0.1) is 11.8 Å². The number of amides is 1. The Labute approximate surface area is 88.4 Å². The lowest BCUT2D eigenvalue weighted by molar-refractivity contribution is 0.0919. The number of nitrogens with one attached hydrogen (secondary N) is 1. The molecule has 0 atom stereocenters. The van der Waals surface area contributed by atoms with Crippen molar-refractivity contribution in [3.05, 3.63) is 23.7 Å². The van der Waals surface area contributed by atoms with Gasteiger partial charge < -0.3 is 9.73 Å². The van der Waals surface area contributed by atoms with E-state index in [0.717, 1.165) is 0 Å². The maximum absolute atomic E-state index is 11.7. The first-order valence-corrected chi connectivity index (χ1v) is 4.92. The van der Waals surface area contributed by atoms with E-state index in [2.05, 4.69) is 5.32 Å². The normalized spacial score (nSPS) is 11.4. The van der Waals surface area contributed by atoms with Crippen molar-refractivity contribution in [2.24, 2.45) is 0 Å². The third kappa shape index (κ3) is 2.51. The van der Waals surface area contributed by atoms with Crippen LogP contribution in [-0.2, 0) is 0 Å². The molecule has 1 aromatic heterocycles. The predicted molar refractivity (Wildman–Crippen MR) is 55.7 cm³/mol. The Morgan fingerprint density at radius 2 is 2.29 bits per heavy atom. The highest BCUT2D eigenvalue weighted by molar-refractivity contribution is 6.18. The maximum atomic E-state index is 11.7. The lowest BCUT2D eigenvalue weighted by Gasteiger charge is -2.22. The molecule has 1 N–H and O–H groups in total. The number of halogens is 1. The first-order valence-electron chi connectivity index (χ1n) is 4.39. The summed E-state index contributed by atoms with van der Waals surface area (Å²) in [6, 6.07) is 1.65. The molecule has 0 radical (unpaired) electrons. The second kappa shape index (κ2) is 4.05. The number of hydrogen-bond acceptors (Lipinski definition) is 2. The molecule has 1 aromatic rings. The number of furan rings is 1. The second-order valence-electron chi connectivity index (χ2n) is 3.86. The standard InChI is InChI=1S/C10H14ClNO2/c1-7-8(4-5-14-7)9(13)12-10(2,3)6-11/h4-5H,6H2,1-3H3,(H,12,13). The number of carbonyl (C=O) groups excluding carboxylic acids is 1. The molecule has 0 fully saturated rings. The molecule has 78 valence electrons. The van der Waals surface area contributed by atoms with Crippen molar-refractivity contribution in [3.63, 3.8) is 0 Å². The highest BCUT2D eigenvalue weighted by Crippen LogP contribution is 2.11. The van der Waals surface area contributed by atoms with E-state index in [1.165, 1.54) is 6.26 Å². The molecule has 0 spiro atoms. The van der Waals surface area contributed by atoms with E-state index >= 15 is 0 Å².